The molecule has 0 fully saturated rings. The van der Waals surface area contributed by atoms with E-state index in [1.54, 1.807) is 0 Å². The number of amides is 1. The molecule has 0 unspecified atom stereocenters. The lowest BCUT2D eigenvalue weighted by Crippen LogP contribution is -2.23. The van der Waals surface area contributed by atoms with Gasteiger partial charge in [-0.2, -0.15) is 0 Å². The Balaban J connectivity index is 1.84. The second-order valence-electron chi connectivity index (χ2n) is 5.11. The average Bonchev–Trinajstić information content (AvgIpc) is 2.55. The standard InChI is InChI=1S/C17H16F3NO2/c18-14-4-2-12(7-13(14)10-22)9-21-17(23)6-3-11-1-5-15(19)16(20)8-11/h1-2,4-5,7-8,22H,3,6,9-10H2,(H,21,23). The summed E-state index contributed by atoms with van der Waals surface area (Å²) in [6.45, 7) is -0.215. The molecule has 2 aromatic rings. The monoisotopic (exact) mass is 323 g/mol. The van der Waals surface area contributed by atoms with Crippen LogP contribution in [0.25, 0.3) is 0 Å². The zero-order valence-corrected chi connectivity index (χ0v) is 12.3. The molecule has 0 saturated heterocycles. The van der Waals surface area contributed by atoms with Crippen molar-refractivity contribution >= 4 is 5.91 Å². The minimum absolute atomic E-state index is 0.124. The average molecular weight is 323 g/mol. The van der Waals surface area contributed by atoms with E-state index >= 15 is 0 Å². The normalized spacial score (nSPS) is 10.6. The van der Waals surface area contributed by atoms with Gasteiger partial charge >= 0.3 is 0 Å². The summed E-state index contributed by atoms with van der Waals surface area (Å²) in [6.07, 6.45) is 0.410. The molecular formula is C17H16F3NO2. The highest BCUT2D eigenvalue weighted by atomic mass is 19.2. The van der Waals surface area contributed by atoms with Crippen LogP contribution in [0.2, 0.25) is 0 Å². The Bertz CT molecular complexity index is 704. The maximum Gasteiger partial charge on any atom is 0.220 e. The van der Waals surface area contributed by atoms with E-state index in [1.165, 1.54) is 24.3 Å². The molecule has 3 nitrogen and oxygen atoms in total. The van der Waals surface area contributed by atoms with Crippen molar-refractivity contribution in [3.8, 4) is 0 Å². The molecule has 0 aliphatic rings. The first-order valence-electron chi connectivity index (χ1n) is 7.08. The highest BCUT2D eigenvalue weighted by molar-refractivity contribution is 5.76. The second-order valence-corrected chi connectivity index (χ2v) is 5.11. The van der Waals surface area contributed by atoms with Gasteiger partial charge in [0.1, 0.15) is 5.82 Å². The highest BCUT2D eigenvalue weighted by Crippen LogP contribution is 2.12. The SMILES string of the molecule is O=C(CCc1ccc(F)c(F)c1)NCc1ccc(F)c(CO)c1. The minimum Gasteiger partial charge on any atom is -0.392 e. The third-order valence-corrected chi connectivity index (χ3v) is 3.39. The Morgan fingerprint density at radius 2 is 1.65 bits per heavy atom. The van der Waals surface area contributed by atoms with Gasteiger partial charge in [-0.05, 0) is 41.8 Å². The van der Waals surface area contributed by atoms with Gasteiger partial charge in [-0.3, -0.25) is 4.79 Å². The quantitative estimate of drug-likeness (QED) is 0.859. The van der Waals surface area contributed by atoms with E-state index in [0.29, 0.717) is 11.1 Å². The maximum absolute atomic E-state index is 13.2. The topological polar surface area (TPSA) is 49.3 Å². The van der Waals surface area contributed by atoms with Crippen LogP contribution in [0, 0.1) is 17.5 Å². The molecule has 23 heavy (non-hydrogen) atoms. The predicted octanol–water partition coefficient (Wildman–Crippen LogP) is 2.85. The molecule has 2 N–H and O–H groups in total. The molecule has 0 bridgehead atoms. The second kappa shape index (κ2) is 7.78. The lowest BCUT2D eigenvalue weighted by atomic mass is 10.1. The van der Waals surface area contributed by atoms with E-state index in [0.717, 1.165) is 12.1 Å². The molecule has 2 aromatic carbocycles. The smallest absolute Gasteiger partial charge is 0.220 e. The summed E-state index contributed by atoms with van der Waals surface area (Å²) in [4.78, 5) is 11.8. The van der Waals surface area contributed by atoms with Gasteiger partial charge in [0.25, 0.3) is 0 Å². The van der Waals surface area contributed by atoms with E-state index in [4.69, 9.17) is 5.11 Å². The van der Waals surface area contributed by atoms with Gasteiger partial charge < -0.3 is 10.4 Å². The molecular weight excluding hydrogens is 307 g/mol. The third-order valence-electron chi connectivity index (χ3n) is 3.39. The zero-order valence-electron chi connectivity index (χ0n) is 12.3. The summed E-state index contributed by atoms with van der Waals surface area (Å²) in [5.74, 6) is -2.62. The van der Waals surface area contributed by atoms with Gasteiger partial charge in [0.15, 0.2) is 11.6 Å². The number of hydrogen-bond acceptors (Lipinski definition) is 2. The molecule has 0 saturated carbocycles. The number of rotatable bonds is 6. The van der Waals surface area contributed by atoms with Gasteiger partial charge in [0, 0.05) is 18.5 Å². The van der Waals surface area contributed by atoms with Gasteiger partial charge in [0.2, 0.25) is 5.91 Å². The molecule has 0 spiro atoms. The van der Waals surface area contributed by atoms with Crippen LogP contribution in [0.1, 0.15) is 23.1 Å². The van der Waals surface area contributed by atoms with Crippen molar-refractivity contribution in [2.75, 3.05) is 0 Å². The van der Waals surface area contributed by atoms with Crippen molar-refractivity contribution in [1.82, 2.24) is 5.32 Å². The highest BCUT2D eigenvalue weighted by Gasteiger charge is 2.07. The largest absolute Gasteiger partial charge is 0.392 e. The van der Waals surface area contributed by atoms with Crippen molar-refractivity contribution < 1.29 is 23.1 Å². The van der Waals surface area contributed by atoms with Crippen molar-refractivity contribution in [2.24, 2.45) is 0 Å². The molecule has 2 rings (SSSR count). The summed E-state index contributed by atoms with van der Waals surface area (Å²) in [5, 5.41) is 11.6. The summed E-state index contributed by atoms with van der Waals surface area (Å²) < 4.78 is 39.1. The lowest BCUT2D eigenvalue weighted by Gasteiger charge is -2.07. The number of benzene rings is 2. The van der Waals surface area contributed by atoms with Crippen molar-refractivity contribution in [3.05, 3.63) is 70.5 Å². The van der Waals surface area contributed by atoms with E-state index in [9.17, 15) is 18.0 Å². The fraction of sp³-hybridized carbons (Fsp3) is 0.235. The van der Waals surface area contributed by atoms with Crippen molar-refractivity contribution in [3.63, 3.8) is 0 Å². The number of carbonyl (C=O) groups excluding carboxylic acids is 1. The van der Waals surface area contributed by atoms with E-state index in [2.05, 4.69) is 5.32 Å². The number of aliphatic hydroxyl groups is 1. The van der Waals surface area contributed by atoms with Gasteiger partial charge in [0.05, 0.1) is 6.61 Å². The first-order valence-corrected chi connectivity index (χ1v) is 7.08. The Kier molecular flexibility index (Phi) is 5.76. The molecule has 0 heterocycles. The molecule has 0 radical (unpaired) electrons. The van der Waals surface area contributed by atoms with Crippen LogP contribution in [0.4, 0.5) is 13.2 Å². The first-order chi connectivity index (χ1) is 11.0. The molecule has 0 atom stereocenters. The maximum atomic E-state index is 13.2. The Hall–Kier alpha value is -2.34. The number of halogens is 3. The van der Waals surface area contributed by atoms with Crippen LogP contribution in [0.15, 0.2) is 36.4 Å². The third kappa shape index (κ3) is 4.82. The van der Waals surface area contributed by atoms with Crippen molar-refractivity contribution in [1.29, 1.82) is 0 Å². The lowest BCUT2D eigenvalue weighted by molar-refractivity contribution is -0.121. The number of aliphatic hydroxyl groups excluding tert-OH is 1. The van der Waals surface area contributed by atoms with Crippen LogP contribution >= 0.6 is 0 Å². The Labute approximate surface area is 131 Å². The minimum atomic E-state index is -0.939. The van der Waals surface area contributed by atoms with Crippen molar-refractivity contribution in [2.45, 2.75) is 26.0 Å². The Morgan fingerprint density at radius 3 is 2.35 bits per heavy atom. The molecule has 0 aromatic heterocycles. The summed E-state index contributed by atoms with van der Waals surface area (Å²) >= 11 is 0. The zero-order chi connectivity index (χ0) is 16.8. The van der Waals surface area contributed by atoms with Gasteiger partial charge in [-0.15, -0.1) is 0 Å². The first kappa shape index (κ1) is 17.0. The number of aryl methyl sites for hydroxylation is 1. The van der Waals surface area contributed by atoms with E-state index in [1.807, 2.05) is 0 Å². The summed E-state index contributed by atoms with van der Waals surface area (Å²) in [6, 6.07) is 7.75. The summed E-state index contributed by atoms with van der Waals surface area (Å²) in [7, 11) is 0. The van der Waals surface area contributed by atoms with E-state index in [-0.39, 0.29) is 30.9 Å². The number of carbonyl (C=O) groups is 1. The van der Waals surface area contributed by atoms with Gasteiger partial charge in [-0.25, -0.2) is 13.2 Å². The van der Waals surface area contributed by atoms with Crippen LogP contribution in [-0.2, 0) is 24.4 Å². The van der Waals surface area contributed by atoms with Crippen LogP contribution < -0.4 is 5.32 Å². The fourth-order valence-corrected chi connectivity index (χ4v) is 2.10. The molecule has 122 valence electrons. The molecule has 0 aliphatic carbocycles. The van der Waals surface area contributed by atoms with Crippen LogP contribution in [0.3, 0.4) is 0 Å². The van der Waals surface area contributed by atoms with Crippen LogP contribution in [-0.4, -0.2) is 11.0 Å². The molecule has 1 amide bonds. The molecule has 6 heteroatoms. The predicted molar refractivity (Wildman–Crippen MR) is 78.8 cm³/mol. The fourth-order valence-electron chi connectivity index (χ4n) is 2.10. The van der Waals surface area contributed by atoms with E-state index < -0.39 is 24.1 Å². The number of nitrogens with one attached hydrogen (secondary N) is 1. The molecule has 0 aliphatic heterocycles. The number of hydrogen-bond donors (Lipinski definition) is 2. The van der Waals surface area contributed by atoms with Gasteiger partial charge in [-0.1, -0.05) is 12.1 Å². The summed E-state index contributed by atoms with van der Waals surface area (Å²) in [5.41, 5.74) is 1.36. The Morgan fingerprint density at radius 1 is 0.957 bits per heavy atom. The van der Waals surface area contributed by atoms with Crippen LogP contribution in [0.5, 0.6) is 0 Å².